The molecule has 2 aromatic carbocycles. The van der Waals surface area contributed by atoms with E-state index in [0.29, 0.717) is 17.4 Å². The van der Waals surface area contributed by atoms with Crippen LogP contribution in [0.5, 0.6) is 0 Å². The van der Waals surface area contributed by atoms with E-state index in [1.165, 1.54) is 5.39 Å². The van der Waals surface area contributed by atoms with Crippen molar-refractivity contribution in [3.63, 3.8) is 0 Å². The third-order valence-electron chi connectivity index (χ3n) is 3.15. The van der Waals surface area contributed by atoms with Crippen molar-refractivity contribution in [3.8, 4) is 0 Å². The second kappa shape index (κ2) is 5.59. The summed E-state index contributed by atoms with van der Waals surface area (Å²) < 4.78 is 17.6. The lowest BCUT2D eigenvalue weighted by Crippen LogP contribution is -2.00. The first-order valence-corrected chi connectivity index (χ1v) is 7.94. The molecule has 20 heavy (non-hydrogen) atoms. The fraction of sp³-hybridized carbons (Fsp3) is 0.188. The molecule has 0 aliphatic heterocycles. The van der Waals surface area contributed by atoms with E-state index in [4.69, 9.17) is 4.42 Å². The van der Waals surface area contributed by atoms with Crippen molar-refractivity contribution in [1.82, 2.24) is 4.98 Å². The normalized spacial score (nSPS) is 12.7. The lowest BCUT2D eigenvalue weighted by molar-refractivity contribution is 0.488. The van der Waals surface area contributed by atoms with Crippen LogP contribution in [0.3, 0.4) is 0 Å². The first-order valence-electron chi connectivity index (χ1n) is 6.45. The highest BCUT2D eigenvalue weighted by Crippen LogP contribution is 2.20. The van der Waals surface area contributed by atoms with Gasteiger partial charge in [-0.15, -0.1) is 0 Å². The molecule has 0 N–H and O–H groups in total. The topological polar surface area (TPSA) is 43.1 Å². The molecule has 1 atom stereocenters. The largest absolute Gasteiger partial charge is 0.445 e. The zero-order chi connectivity index (χ0) is 13.9. The predicted octanol–water partition coefficient (Wildman–Crippen LogP) is 3.59. The molecule has 0 amide bonds. The maximum absolute atomic E-state index is 12.2. The zero-order valence-electron chi connectivity index (χ0n) is 11.2. The highest BCUT2D eigenvalue weighted by molar-refractivity contribution is 7.83. The van der Waals surface area contributed by atoms with Crippen molar-refractivity contribution in [3.05, 3.63) is 65.9 Å². The van der Waals surface area contributed by atoms with E-state index < -0.39 is 10.8 Å². The van der Waals surface area contributed by atoms with Gasteiger partial charge in [0, 0.05) is 16.6 Å². The van der Waals surface area contributed by atoms with Gasteiger partial charge in [0.05, 0.1) is 6.20 Å². The number of benzene rings is 2. The highest BCUT2D eigenvalue weighted by Gasteiger charge is 2.09. The summed E-state index contributed by atoms with van der Waals surface area (Å²) in [4.78, 5) is 4.10. The Morgan fingerprint density at radius 2 is 1.90 bits per heavy atom. The Bertz CT molecular complexity index is 759. The predicted molar refractivity (Wildman–Crippen MR) is 80.7 cm³/mol. The Balaban J connectivity index is 1.81. The maximum atomic E-state index is 12.2. The van der Waals surface area contributed by atoms with Gasteiger partial charge in [0.1, 0.15) is 11.5 Å². The van der Waals surface area contributed by atoms with Gasteiger partial charge < -0.3 is 4.42 Å². The molecule has 1 aromatic heterocycles. The van der Waals surface area contributed by atoms with Crippen LogP contribution in [0.25, 0.3) is 10.8 Å². The molecule has 0 saturated heterocycles. The summed E-state index contributed by atoms with van der Waals surface area (Å²) in [6.07, 6.45) is 1.66. The second-order valence-electron chi connectivity index (χ2n) is 4.73. The molecule has 4 heteroatoms. The molecule has 3 aromatic rings. The molecule has 0 aliphatic carbocycles. The van der Waals surface area contributed by atoms with Crippen LogP contribution < -0.4 is 0 Å². The van der Waals surface area contributed by atoms with Gasteiger partial charge in [0.25, 0.3) is 0 Å². The van der Waals surface area contributed by atoms with Gasteiger partial charge in [0.2, 0.25) is 5.89 Å². The number of aryl methyl sites for hydroxylation is 1. The Morgan fingerprint density at radius 1 is 1.10 bits per heavy atom. The summed E-state index contributed by atoms with van der Waals surface area (Å²) >= 11 is 0. The lowest BCUT2D eigenvalue weighted by Gasteiger charge is -2.05. The fourth-order valence-corrected chi connectivity index (χ4v) is 3.36. The number of aromatic nitrogens is 1. The van der Waals surface area contributed by atoms with Crippen LogP contribution in [0.2, 0.25) is 0 Å². The lowest BCUT2D eigenvalue weighted by atomic mass is 10.1. The van der Waals surface area contributed by atoms with Crippen LogP contribution >= 0.6 is 0 Å². The molecular formula is C16H15NO2S. The number of hydrogen-bond donors (Lipinski definition) is 0. The molecule has 1 heterocycles. The minimum atomic E-state index is -1.02. The van der Waals surface area contributed by atoms with E-state index in [1.807, 2.05) is 31.2 Å². The Morgan fingerprint density at radius 3 is 2.70 bits per heavy atom. The first-order chi connectivity index (χ1) is 9.72. The highest BCUT2D eigenvalue weighted by atomic mass is 32.2. The summed E-state index contributed by atoms with van der Waals surface area (Å²) in [6, 6.07) is 14.3. The average Bonchev–Trinajstić information content (AvgIpc) is 2.84. The van der Waals surface area contributed by atoms with Gasteiger partial charge in [-0.1, -0.05) is 42.5 Å². The molecule has 0 aliphatic rings. The average molecular weight is 285 g/mol. The summed E-state index contributed by atoms with van der Waals surface area (Å²) in [5, 5.41) is 2.33. The minimum absolute atomic E-state index is 0.358. The number of hydrogen-bond acceptors (Lipinski definition) is 3. The van der Waals surface area contributed by atoms with Gasteiger partial charge in [-0.3, -0.25) is 4.21 Å². The van der Waals surface area contributed by atoms with E-state index in [0.717, 1.165) is 16.7 Å². The maximum Gasteiger partial charge on any atom is 0.206 e. The first kappa shape index (κ1) is 13.1. The van der Waals surface area contributed by atoms with Gasteiger partial charge in [0.15, 0.2) is 0 Å². The van der Waals surface area contributed by atoms with Crippen molar-refractivity contribution in [2.75, 3.05) is 0 Å². The van der Waals surface area contributed by atoms with Gasteiger partial charge in [-0.2, -0.15) is 0 Å². The molecule has 0 fully saturated rings. The van der Waals surface area contributed by atoms with E-state index in [-0.39, 0.29) is 0 Å². The monoisotopic (exact) mass is 285 g/mol. The smallest absolute Gasteiger partial charge is 0.206 e. The van der Waals surface area contributed by atoms with Gasteiger partial charge in [-0.25, -0.2) is 4.98 Å². The quantitative estimate of drug-likeness (QED) is 0.736. The van der Waals surface area contributed by atoms with Crippen LogP contribution in [0, 0.1) is 6.92 Å². The summed E-state index contributed by atoms with van der Waals surface area (Å²) in [7, 11) is -1.02. The molecule has 0 spiro atoms. The third kappa shape index (κ3) is 2.80. The van der Waals surface area contributed by atoms with E-state index >= 15 is 0 Å². The molecule has 102 valence electrons. The summed E-state index contributed by atoms with van der Waals surface area (Å²) in [6.45, 7) is 1.84. The summed E-state index contributed by atoms with van der Waals surface area (Å²) in [5.41, 5.74) is 1.10. The van der Waals surface area contributed by atoms with E-state index in [2.05, 4.69) is 23.2 Å². The van der Waals surface area contributed by atoms with Crippen molar-refractivity contribution in [2.45, 2.75) is 18.4 Å². The van der Waals surface area contributed by atoms with E-state index in [1.54, 1.807) is 6.20 Å². The molecular weight excluding hydrogens is 270 g/mol. The number of rotatable bonds is 4. The standard InChI is InChI=1S/C16H15NO2S/c1-12-9-17-16(19-12)11-20(18)10-14-7-4-6-13-5-2-3-8-15(13)14/h2-9H,10-11H2,1H3. The summed E-state index contributed by atoms with van der Waals surface area (Å²) in [5.74, 6) is 2.17. The van der Waals surface area contributed by atoms with Gasteiger partial charge in [-0.05, 0) is 23.3 Å². The number of nitrogens with zero attached hydrogens (tertiary/aromatic N) is 1. The van der Waals surface area contributed by atoms with Crippen LogP contribution in [-0.4, -0.2) is 9.19 Å². The van der Waals surface area contributed by atoms with Crippen molar-refractivity contribution < 1.29 is 8.63 Å². The SMILES string of the molecule is Cc1cnc(CS(=O)Cc2cccc3ccccc23)o1. The number of fused-ring (bicyclic) bond motifs is 1. The van der Waals surface area contributed by atoms with Crippen molar-refractivity contribution in [1.29, 1.82) is 0 Å². The fourth-order valence-electron chi connectivity index (χ4n) is 2.25. The Labute approximate surface area is 120 Å². The van der Waals surface area contributed by atoms with Crippen LogP contribution in [0.1, 0.15) is 17.2 Å². The number of oxazole rings is 1. The van der Waals surface area contributed by atoms with Crippen molar-refractivity contribution >= 4 is 21.6 Å². The molecule has 0 bridgehead atoms. The van der Waals surface area contributed by atoms with E-state index in [9.17, 15) is 4.21 Å². The molecule has 1 unspecified atom stereocenters. The zero-order valence-corrected chi connectivity index (χ0v) is 12.0. The van der Waals surface area contributed by atoms with Crippen LogP contribution in [0.4, 0.5) is 0 Å². The van der Waals surface area contributed by atoms with Crippen LogP contribution in [0.15, 0.2) is 53.1 Å². The molecule has 3 nitrogen and oxygen atoms in total. The van der Waals surface area contributed by atoms with Gasteiger partial charge >= 0.3 is 0 Å². The minimum Gasteiger partial charge on any atom is -0.445 e. The second-order valence-corrected chi connectivity index (χ2v) is 6.19. The Hall–Kier alpha value is -1.94. The Kier molecular flexibility index (Phi) is 3.65. The third-order valence-corrected chi connectivity index (χ3v) is 4.35. The molecule has 0 saturated carbocycles. The molecule has 3 rings (SSSR count). The van der Waals surface area contributed by atoms with Crippen LogP contribution in [-0.2, 0) is 22.3 Å². The van der Waals surface area contributed by atoms with Crippen molar-refractivity contribution in [2.24, 2.45) is 0 Å². The molecule has 0 radical (unpaired) electrons.